The summed E-state index contributed by atoms with van der Waals surface area (Å²) in [5.74, 6) is -0.546. The molecule has 168 valence electrons. The number of hydrogen-bond donors (Lipinski definition) is 3. The molecule has 4 N–H and O–H groups in total. The molecule has 0 saturated heterocycles. The summed E-state index contributed by atoms with van der Waals surface area (Å²) in [5.41, 5.74) is 3.25. The number of alkyl halides is 4. The standard InChI is InChI=1S/C20H27F4N3O3/c1-18(2,3)30-17(29)27-15-4-5-19(25,9-15)16(28)26-11-13-6-12(10-21)7-14(8-13)20(22,23)24/h6-8,15H,4-5,9-11,25H2,1-3H3,(H,26,28)(H,27,29)/t15-,19-/m1/s1. The van der Waals surface area contributed by atoms with Crippen LogP contribution in [-0.4, -0.2) is 29.2 Å². The monoisotopic (exact) mass is 433 g/mol. The van der Waals surface area contributed by atoms with Crippen LogP contribution in [0.1, 0.15) is 56.7 Å². The Bertz CT molecular complexity index is 792. The van der Waals surface area contributed by atoms with Crippen molar-refractivity contribution in [3.05, 3.63) is 34.9 Å². The highest BCUT2D eigenvalue weighted by atomic mass is 19.4. The number of benzene rings is 1. The first-order valence-corrected chi connectivity index (χ1v) is 9.54. The maximum Gasteiger partial charge on any atom is 0.416 e. The van der Waals surface area contributed by atoms with E-state index >= 15 is 0 Å². The maximum atomic E-state index is 13.0. The summed E-state index contributed by atoms with van der Waals surface area (Å²) >= 11 is 0. The molecule has 10 heteroatoms. The smallest absolute Gasteiger partial charge is 0.416 e. The Kier molecular flexibility index (Phi) is 7.01. The van der Waals surface area contributed by atoms with E-state index in [4.69, 9.17) is 10.5 Å². The minimum absolute atomic E-state index is 0.121. The predicted octanol–water partition coefficient (Wildman–Crippen LogP) is 3.57. The van der Waals surface area contributed by atoms with Crippen molar-refractivity contribution in [1.29, 1.82) is 0 Å². The van der Waals surface area contributed by atoms with Gasteiger partial charge in [-0.15, -0.1) is 0 Å². The summed E-state index contributed by atoms with van der Waals surface area (Å²) in [7, 11) is 0. The summed E-state index contributed by atoms with van der Waals surface area (Å²) in [4.78, 5) is 24.4. The highest BCUT2D eigenvalue weighted by Crippen LogP contribution is 2.31. The van der Waals surface area contributed by atoms with Crippen LogP contribution in [0.15, 0.2) is 18.2 Å². The molecule has 6 nitrogen and oxygen atoms in total. The van der Waals surface area contributed by atoms with Crippen molar-refractivity contribution in [3.63, 3.8) is 0 Å². The van der Waals surface area contributed by atoms with Gasteiger partial charge in [0.1, 0.15) is 12.3 Å². The van der Waals surface area contributed by atoms with Crippen molar-refractivity contribution in [2.75, 3.05) is 0 Å². The summed E-state index contributed by atoms with van der Waals surface area (Å²) < 4.78 is 57.0. The molecule has 0 aliphatic heterocycles. The SMILES string of the molecule is CC(C)(C)OC(=O)N[C@@H]1CC[C@](N)(C(=O)NCc2cc(CF)cc(C(F)(F)F)c2)C1. The highest BCUT2D eigenvalue weighted by molar-refractivity contribution is 5.86. The van der Waals surface area contributed by atoms with Crippen LogP contribution < -0.4 is 16.4 Å². The van der Waals surface area contributed by atoms with Gasteiger partial charge in [-0.2, -0.15) is 13.2 Å². The van der Waals surface area contributed by atoms with Gasteiger partial charge in [-0.05, 0) is 63.3 Å². The molecule has 2 atom stereocenters. The number of halogens is 4. The molecule has 1 aliphatic rings. The fourth-order valence-corrected chi connectivity index (χ4v) is 3.34. The number of carbonyl (C=O) groups excluding carboxylic acids is 2. The Hall–Kier alpha value is -2.36. The number of amides is 2. The molecule has 1 saturated carbocycles. The van der Waals surface area contributed by atoms with E-state index in [9.17, 15) is 27.2 Å². The van der Waals surface area contributed by atoms with Crippen molar-refractivity contribution < 1.29 is 31.9 Å². The van der Waals surface area contributed by atoms with Crippen LogP contribution in [0.25, 0.3) is 0 Å². The summed E-state index contributed by atoms with van der Waals surface area (Å²) in [6, 6.07) is 2.51. The summed E-state index contributed by atoms with van der Waals surface area (Å²) in [6.07, 6.45) is -4.32. The molecule has 0 spiro atoms. The molecule has 30 heavy (non-hydrogen) atoms. The second kappa shape index (κ2) is 8.79. The van der Waals surface area contributed by atoms with Gasteiger partial charge in [0.25, 0.3) is 0 Å². The molecule has 1 aromatic carbocycles. The van der Waals surface area contributed by atoms with Crippen LogP contribution in [0.2, 0.25) is 0 Å². The average molecular weight is 433 g/mol. The first kappa shape index (κ1) is 23.9. The number of nitrogens with two attached hydrogens (primary N) is 1. The van der Waals surface area contributed by atoms with Crippen molar-refractivity contribution in [2.45, 2.75) is 76.6 Å². The molecule has 0 aromatic heterocycles. The first-order chi connectivity index (χ1) is 13.7. The van der Waals surface area contributed by atoms with E-state index in [0.29, 0.717) is 6.42 Å². The van der Waals surface area contributed by atoms with E-state index in [-0.39, 0.29) is 36.6 Å². The van der Waals surface area contributed by atoms with Crippen molar-refractivity contribution in [3.8, 4) is 0 Å². The minimum Gasteiger partial charge on any atom is -0.444 e. The van der Waals surface area contributed by atoms with Crippen molar-refractivity contribution in [1.82, 2.24) is 10.6 Å². The first-order valence-electron chi connectivity index (χ1n) is 9.54. The lowest BCUT2D eigenvalue weighted by molar-refractivity contribution is -0.137. The van der Waals surface area contributed by atoms with Gasteiger partial charge in [-0.25, -0.2) is 9.18 Å². The normalized spacial score (nSPS) is 21.9. The van der Waals surface area contributed by atoms with E-state index in [2.05, 4.69) is 10.6 Å². The van der Waals surface area contributed by atoms with E-state index in [1.165, 1.54) is 6.07 Å². The topological polar surface area (TPSA) is 93.4 Å². The van der Waals surface area contributed by atoms with Crippen LogP contribution >= 0.6 is 0 Å². The van der Waals surface area contributed by atoms with Crippen LogP contribution in [0.4, 0.5) is 22.4 Å². The van der Waals surface area contributed by atoms with Crippen molar-refractivity contribution in [2.24, 2.45) is 5.73 Å². The van der Waals surface area contributed by atoms with Crippen LogP contribution in [0.3, 0.4) is 0 Å². The van der Waals surface area contributed by atoms with Crippen LogP contribution in [0.5, 0.6) is 0 Å². The predicted molar refractivity (Wildman–Crippen MR) is 102 cm³/mol. The second-order valence-corrected chi connectivity index (χ2v) is 8.59. The molecule has 1 fully saturated rings. The zero-order valence-electron chi connectivity index (χ0n) is 17.2. The van der Waals surface area contributed by atoms with Gasteiger partial charge in [-0.1, -0.05) is 6.07 Å². The zero-order valence-corrected chi connectivity index (χ0v) is 17.2. The molecule has 0 heterocycles. The Balaban J connectivity index is 1.97. The van der Waals surface area contributed by atoms with Gasteiger partial charge >= 0.3 is 12.3 Å². The lowest BCUT2D eigenvalue weighted by atomic mass is 9.97. The number of alkyl carbamates (subject to hydrolysis) is 1. The maximum absolute atomic E-state index is 13.0. The van der Waals surface area contributed by atoms with Gasteiger partial charge in [0.2, 0.25) is 5.91 Å². The molecule has 0 unspecified atom stereocenters. The van der Waals surface area contributed by atoms with Crippen molar-refractivity contribution >= 4 is 12.0 Å². The lowest BCUT2D eigenvalue weighted by Crippen LogP contribution is -2.53. The van der Waals surface area contributed by atoms with E-state index in [1.807, 2.05) is 0 Å². The number of carbonyl (C=O) groups is 2. The molecule has 2 amide bonds. The van der Waals surface area contributed by atoms with E-state index in [0.717, 1.165) is 12.1 Å². The number of nitrogens with one attached hydrogen (secondary N) is 2. The van der Waals surface area contributed by atoms with Gasteiger partial charge < -0.3 is 21.1 Å². The van der Waals surface area contributed by atoms with E-state index < -0.39 is 41.6 Å². The fourth-order valence-electron chi connectivity index (χ4n) is 3.34. The van der Waals surface area contributed by atoms with Gasteiger partial charge in [0, 0.05) is 12.6 Å². The van der Waals surface area contributed by atoms with Gasteiger partial charge in [-0.3, -0.25) is 4.79 Å². The molecule has 1 aliphatic carbocycles. The molecule has 1 aromatic rings. The summed E-state index contributed by atoms with van der Waals surface area (Å²) in [6.45, 7) is 3.90. The minimum atomic E-state index is -4.62. The average Bonchev–Trinajstić information content (AvgIpc) is 2.98. The Morgan fingerprint density at radius 2 is 1.83 bits per heavy atom. The largest absolute Gasteiger partial charge is 0.444 e. The fraction of sp³-hybridized carbons (Fsp3) is 0.600. The third-order valence-corrected chi connectivity index (χ3v) is 4.71. The van der Waals surface area contributed by atoms with Crippen LogP contribution in [-0.2, 0) is 28.9 Å². The third kappa shape index (κ3) is 6.58. The molecule has 0 radical (unpaired) electrons. The second-order valence-electron chi connectivity index (χ2n) is 8.59. The third-order valence-electron chi connectivity index (χ3n) is 4.71. The lowest BCUT2D eigenvalue weighted by Gasteiger charge is -2.24. The Morgan fingerprint density at radius 3 is 2.40 bits per heavy atom. The number of ether oxygens (including phenoxy) is 1. The van der Waals surface area contributed by atoms with Crippen LogP contribution in [0, 0.1) is 0 Å². The molecule has 0 bridgehead atoms. The van der Waals surface area contributed by atoms with Gasteiger partial charge in [0.05, 0.1) is 11.1 Å². The molecular formula is C20H27F4N3O3. The number of hydrogen-bond acceptors (Lipinski definition) is 4. The molecular weight excluding hydrogens is 406 g/mol. The molecule has 2 rings (SSSR count). The highest BCUT2D eigenvalue weighted by Gasteiger charge is 2.42. The Labute approximate surface area is 172 Å². The van der Waals surface area contributed by atoms with E-state index in [1.54, 1.807) is 20.8 Å². The zero-order chi connectivity index (χ0) is 22.7. The van der Waals surface area contributed by atoms with Gasteiger partial charge in [0.15, 0.2) is 0 Å². The summed E-state index contributed by atoms with van der Waals surface area (Å²) in [5, 5.41) is 5.20. The quantitative estimate of drug-likeness (QED) is 0.619. The number of rotatable bonds is 5. The Morgan fingerprint density at radius 1 is 1.20 bits per heavy atom.